The minimum atomic E-state index is -0.147. The van der Waals surface area contributed by atoms with Crippen LogP contribution in [0.1, 0.15) is 41.3 Å². The highest BCUT2D eigenvalue weighted by Gasteiger charge is 2.22. The summed E-state index contributed by atoms with van der Waals surface area (Å²) in [6.45, 7) is 3.80. The quantitative estimate of drug-likeness (QED) is 0.692. The van der Waals surface area contributed by atoms with Crippen molar-refractivity contribution in [1.29, 1.82) is 0 Å². The summed E-state index contributed by atoms with van der Waals surface area (Å²) >= 11 is 0. The van der Waals surface area contributed by atoms with Gasteiger partial charge in [-0.3, -0.25) is 4.79 Å². The lowest BCUT2D eigenvalue weighted by Crippen LogP contribution is -2.37. The van der Waals surface area contributed by atoms with Crippen LogP contribution in [-0.2, 0) is 11.3 Å². The summed E-state index contributed by atoms with van der Waals surface area (Å²) < 4.78 is 13.2. The summed E-state index contributed by atoms with van der Waals surface area (Å²) in [5.74, 6) is 1.38. The number of ether oxygens (including phenoxy) is 1. The lowest BCUT2D eigenvalue weighted by Gasteiger charge is -2.26. The van der Waals surface area contributed by atoms with Crippen molar-refractivity contribution >= 4 is 16.9 Å². The van der Waals surface area contributed by atoms with Crippen molar-refractivity contribution in [2.75, 3.05) is 20.2 Å². The molecule has 0 spiro atoms. The molecule has 1 atom stereocenters. The summed E-state index contributed by atoms with van der Waals surface area (Å²) in [6.07, 6.45) is 3.36. The molecule has 0 N–H and O–H groups in total. The van der Waals surface area contributed by atoms with Crippen LogP contribution in [0.4, 0.5) is 0 Å². The number of amides is 1. The maximum Gasteiger partial charge on any atom is 0.275 e. The fourth-order valence-electron chi connectivity index (χ4n) is 3.57. The van der Waals surface area contributed by atoms with Crippen LogP contribution in [-0.4, -0.2) is 51.8 Å². The average Bonchev–Trinajstić information content (AvgIpc) is 3.27. The number of nitrogens with zero attached hydrogens (tertiary/aromatic N) is 4. The molecule has 1 fully saturated rings. The van der Waals surface area contributed by atoms with Crippen LogP contribution in [0.25, 0.3) is 11.0 Å². The summed E-state index contributed by atoms with van der Waals surface area (Å²) in [6, 6.07) is 9.68. The van der Waals surface area contributed by atoms with Gasteiger partial charge in [0.25, 0.3) is 5.91 Å². The Hall–Kier alpha value is -2.67. The normalized spacial score (nSPS) is 17.3. The molecule has 1 aliphatic rings. The number of carbonyl (C=O) groups excluding carboxylic acids is 1. The number of aromatic nitrogens is 3. The number of para-hydroxylation sites is 2. The van der Waals surface area contributed by atoms with Gasteiger partial charge >= 0.3 is 0 Å². The zero-order valence-electron chi connectivity index (χ0n) is 15.7. The molecule has 0 aliphatic carbocycles. The van der Waals surface area contributed by atoms with Crippen molar-refractivity contribution in [3.05, 3.63) is 47.6 Å². The molecule has 1 saturated heterocycles. The van der Waals surface area contributed by atoms with Gasteiger partial charge in [0, 0.05) is 26.3 Å². The molecule has 1 aliphatic heterocycles. The maximum absolute atomic E-state index is 12.6. The molecule has 0 bridgehead atoms. The third-order valence-corrected chi connectivity index (χ3v) is 5.04. The van der Waals surface area contributed by atoms with Crippen LogP contribution in [0.3, 0.4) is 0 Å². The van der Waals surface area contributed by atoms with Crippen LogP contribution in [0.15, 0.2) is 34.9 Å². The lowest BCUT2D eigenvalue weighted by atomic mass is 10.1. The Morgan fingerprint density at radius 3 is 3.00 bits per heavy atom. The van der Waals surface area contributed by atoms with E-state index >= 15 is 0 Å². The number of imidazole rings is 1. The number of fused-ring (bicyclic) bond motifs is 1. The molecule has 1 aromatic carbocycles. The SMILES string of the molecule is Cc1nc2ccccc2n1Cc1cc(C(=O)N(C)C[C@@H]2CCCCO2)no1. The van der Waals surface area contributed by atoms with Crippen LogP contribution in [0.2, 0.25) is 0 Å². The van der Waals surface area contributed by atoms with Crippen molar-refractivity contribution in [2.45, 2.75) is 38.8 Å². The summed E-state index contributed by atoms with van der Waals surface area (Å²) in [5.41, 5.74) is 2.30. The average molecular weight is 368 g/mol. The van der Waals surface area contributed by atoms with Gasteiger partial charge in [-0.1, -0.05) is 17.3 Å². The first kappa shape index (κ1) is 17.7. The third kappa shape index (κ3) is 3.73. The number of benzene rings is 1. The number of hydrogen-bond donors (Lipinski definition) is 0. The van der Waals surface area contributed by atoms with E-state index in [1.165, 1.54) is 0 Å². The molecule has 3 heterocycles. The van der Waals surface area contributed by atoms with Crippen LogP contribution in [0, 0.1) is 6.92 Å². The van der Waals surface area contributed by atoms with Gasteiger partial charge in [-0.15, -0.1) is 0 Å². The Kier molecular flexibility index (Phi) is 4.94. The van der Waals surface area contributed by atoms with Crippen molar-refractivity contribution in [3.8, 4) is 0 Å². The first-order valence-electron chi connectivity index (χ1n) is 9.36. The largest absolute Gasteiger partial charge is 0.376 e. The van der Waals surface area contributed by atoms with Crippen molar-refractivity contribution < 1.29 is 14.1 Å². The van der Waals surface area contributed by atoms with Gasteiger partial charge in [0.1, 0.15) is 5.82 Å². The van der Waals surface area contributed by atoms with Gasteiger partial charge in [-0.2, -0.15) is 0 Å². The zero-order valence-corrected chi connectivity index (χ0v) is 15.7. The summed E-state index contributed by atoms with van der Waals surface area (Å²) in [7, 11) is 1.78. The second-order valence-electron chi connectivity index (χ2n) is 7.09. The summed E-state index contributed by atoms with van der Waals surface area (Å²) in [4.78, 5) is 18.9. The number of rotatable bonds is 5. The highest BCUT2D eigenvalue weighted by Crippen LogP contribution is 2.19. The molecule has 142 valence electrons. The van der Waals surface area contributed by atoms with E-state index in [0.717, 1.165) is 42.7 Å². The summed E-state index contributed by atoms with van der Waals surface area (Å²) in [5, 5.41) is 3.98. The van der Waals surface area contributed by atoms with Crippen molar-refractivity contribution in [3.63, 3.8) is 0 Å². The fourth-order valence-corrected chi connectivity index (χ4v) is 3.57. The first-order chi connectivity index (χ1) is 13.1. The predicted octanol–water partition coefficient (Wildman–Crippen LogP) is 3.02. The minimum absolute atomic E-state index is 0.110. The Morgan fingerprint density at radius 2 is 2.19 bits per heavy atom. The third-order valence-electron chi connectivity index (χ3n) is 5.04. The molecule has 7 nitrogen and oxygen atoms in total. The minimum Gasteiger partial charge on any atom is -0.376 e. The van der Waals surface area contributed by atoms with Gasteiger partial charge in [0.15, 0.2) is 11.5 Å². The molecule has 4 rings (SSSR count). The van der Waals surface area contributed by atoms with E-state index in [9.17, 15) is 4.79 Å². The highest BCUT2D eigenvalue weighted by atomic mass is 16.5. The molecule has 27 heavy (non-hydrogen) atoms. The number of likely N-dealkylation sites (N-methyl/N-ethyl adjacent to an activating group) is 1. The van der Waals surface area contributed by atoms with Crippen molar-refractivity contribution in [1.82, 2.24) is 19.6 Å². The maximum atomic E-state index is 12.6. The lowest BCUT2D eigenvalue weighted by molar-refractivity contribution is -0.000359. The Labute approximate surface area is 157 Å². The van der Waals surface area contributed by atoms with Gasteiger partial charge < -0.3 is 18.7 Å². The van der Waals surface area contributed by atoms with Crippen LogP contribution < -0.4 is 0 Å². The van der Waals surface area contributed by atoms with Crippen LogP contribution >= 0.6 is 0 Å². The second-order valence-corrected chi connectivity index (χ2v) is 7.09. The predicted molar refractivity (Wildman–Crippen MR) is 101 cm³/mol. The van der Waals surface area contributed by atoms with Gasteiger partial charge in [-0.25, -0.2) is 4.98 Å². The van der Waals surface area contributed by atoms with E-state index < -0.39 is 0 Å². The van der Waals surface area contributed by atoms with E-state index in [2.05, 4.69) is 14.7 Å². The molecular formula is C20H24N4O3. The van der Waals surface area contributed by atoms with E-state index in [4.69, 9.17) is 9.26 Å². The molecule has 2 aromatic heterocycles. The van der Waals surface area contributed by atoms with Crippen LogP contribution in [0.5, 0.6) is 0 Å². The van der Waals surface area contributed by atoms with E-state index in [-0.39, 0.29) is 12.0 Å². The smallest absolute Gasteiger partial charge is 0.275 e. The number of hydrogen-bond acceptors (Lipinski definition) is 5. The molecule has 1 amide bonds. The Balaban J connectivity index is 1.46. The molecule has 0 radical (unpaired) electrons. The Bertz CT molecular complexity index is 940. The molecule has 3 aromatic rings. The second kappa shape index (κ2) is 7.52. The van der Waals surface area contributed by atoms with Crippen molar-refractivity contribution in [2.24, 2.45) is 0 Å². The zero-order chi connectivity index (χ0) is 18.8. The van der Waals surface area contributed by atoms with E-state index in [1.54, 1.807) is 18.0 Å². The molecule has 0 saturated carbocycles. The first-order valence-corrected chi connectivity index (χ1v) is 9.36. The molecule has 7 heteroatoms. The Morgan fingerprint density at radius 1 is 1.33 bits per heavy atom. The monoisotopic (exact) mass is 368 g/mol. The fraction of sp³-hybridized carbons (Fsp3) is 0.450. The van der Waals surface area contributed by atoms with E-state index in [0.29, 0.717) is 24.5 Å². The number of carbonyl (C=O) groups is 1. The van der Waals surface area contributed by atoms with Gasteiger partial charge in [0.05, 0.1) is 23.7 Å². The van der Waals surface area contributed by atoms with Gasteiger partial charge in [-0.05, 0) is 38.3 Å². The molecule has 0 unspecified atom stereocenters. The standard InChI is InChI=1S/C20H24N4O3/c1-14-21-17-8-3-4-9-19(17)24(14)13-16-11-18(22-27-16)20(25)23(2)12-15-7-5-6-10-26-15/h3-4,8-9,11,15H,5-7,10,12-13H2,1-2H3/t15-/m0/s1. The van der Waals surface area contributed by atoms with Gasteiger partial charge in [0.2, 0.25) is 0 Å². The molecular weight excluding hydrogens is 344 g/mol. The van der Waals surface area contributed by atoms with E-state index in [1.807, 2.05) is 31.2 Å². The number of aryl methyl sites for hydroxylation is 1. The topological polar surface area (TPSA) is 73.4 Å². The highest BCUT2D eigenvalue weighted by molar-refractivity contribution is 5.92.